The normalized spacial score (nSPS) is 28.4. The lowest BCUT2D eigenvalue weighted by Gasteiger charge is -2.23. The Kier molecular flexibility index (Phi) is 2.31. The van der Waals surface area contributed by atoms with Gasteiger partial charge < -0.3 is 14.4 Å². The number of aromatic nitrogens is 2. The molecule has 4 rings (SSSR count). The largest absolute Gasteiger partial charge is 0.390 e. The second kappa shape index (κ2) is 3.92. The van der Waals surface area contributed by atoms with Crippen LogP contribution >= 0.6 is 0 Å². The zero-order valence-corrected chi connectivity index (χ0v) is 10.8. The van der Waals surface area contributed by atoms with Crippen molar-refractivity contribution in [2.75, 3.05) is 13.2 Å². The lowest BCUT2D eigenvalue weighted by molar-refractivity contribution is 0.111. The Balaban J connectivity index is 1.90. The molecule has 3 atom stereocenters. The maximum absolute atomic E-state index is 10.1. The monoisotopic (exact) mass is 256 g/mol. The van der Waals surface area contributed by atoms with Gasteiger partial charge >= 0.3 is 0 Å². The molecule has 0 radical (unpaired) electrons. The Morgan fingerprint density at radius 1 is 1.37 bits per heavy atom. The number of aliphatic hydroxyl groups excluding tert-OH is 1. The number of hydrogen-bond acceptors (Lipinski definition) is 3. The number of fused-ring (bicyclic) bond motifs is 3. The van der Waals surface area contributed by atoms with E-state index in [2.05, 4.69) is 34.7 Å². The lowest BCUT2D eigenvalue weighted by Crippen LogP contribution is -2.27. The fourth-order valence-corrected chi connectivity index (χ4v) is 3.34. The molecular formula is C15H16N2O2. The lowest BCUT2D eigenvalue weighted by atomic mass is 9.89. The highest BCUT2D eigenvalue weighted by Crippen LogP contribution is 2.45. The third kappa shape index (κ3) is 1.50. The molecule has 2 aromatic rings. The van der Waals surface area contributed by atoms with E-state index < -0.39 is 6.10 Å². The Labute approximate surface area is 111 Å². The van der Waals surface area contributed by atoms with Crippen LogP contribution in [0.5, 0.6) is 0 Å². The summed E-state index contributed by atoms with van der Waals surface area (Å²) in [6, 6.07) is 6.64. The summed E-state index contributed by atoms with van der Waals surface area (Å²) in [5.41, 5.74) is 4.90. The highest BCUT2D eigenvalue weighted by molar-refractivity contribution is 5.69. The van der Waals surface area contributed by atoms with E-state index >= 15 is 0 Å². The average molecular weight is 256 g/mol. The summed E-state index contributed by atoms with van der Waals surface area (Å²) in [6.07, 6.45) is 3.36. The second-order valence-electron chi connectivity index (χ2n) is 5.49. The summed E-state index contributed by atoms with van der Waals surface area (Å²) in [7, 11) is 0. The van der Waals surface area contributed by atoms with Crippen LogP contribution in [0.2, 0.25) is 0 Å². The smallest absolute Gasteiger partial charge is 0.0956 e. The van der Waals surface area contributed by atoms with E-state index in [0.717, 1.165) is 5.69 Å². The molecule has 1 N–H and O–H groups in total. The fraction of sp³-hybridized carbons (Fsp3) is 0.400. The summed E-state index contributed by atoms with van der Waals surface area (Å²) >= 11 is 0. The molecule has 2 aliphatic heterocycles. The molecule has 0 amide bonds. The van der Waals surface area contributed by atoms with Crippen molar-refractivity contribution in [2.24, 2.45) is 5.92 Å². The number of rotatable bonds is 1. The standard InChI is InChI=1S/C15H16N2O2/c1-9-2-3-10-11(4-9)15(12-6-19-7-14(12)18)17-8-16-5-13(10)17/h2-5,8,12,14-15,18H,6-7H2,1H3. The van der Waals surface area contributed by atoms with Gasteiger partial charge in [-0.3, -0.25) is 0 Å². The van der Waals surface area contributed by atoms with E-state index in [1.807, 2.05) is 12.5 Å². The van der Waals surface area contributed by atoms with Crippen molar-refractivity contribution >= 4 is 0 Å². The van der Waals surface area contributed by atoms with Crippen LogP contribution in [-0.2, 0) is 4.74 Å². The molecule has 19 heavy (non-hydrogen) atoms. The molecule has 3 unspecified atom stereocenters. The number of benzene rings is 1. The first-order chi connectivity index (χ1) is 9.25. The Hall–Kier alpha value is -1.65. The third-order valence-electron chi connectivity index (χ3n) is 4.27. The first-order valence-electron chi connectivity index (χ1n) is 6.64. The van der Waals surface area contributed by atoms with Crippen LogP contribution in [0.25, 0.3) is 11.3 Å². The Morgan fingerprint density at radius 3 is 3.05 bits per heavy atom. The van der Waals surface area contributed by atoms with Crippen molar-refractivity contribution in [1.29, 1.82) is 0 Å². The fourth-order valence-electron chi connectivity index (χ4n) is 3.34. The Bertz CT molecular complexity index is 635. The zero-order valence-electron chi connectivity index (χ0n) is 10.8. The Morgan fingerprint density at radius 2 is 2.26 bits per heavy atom. The van der Waals surface area contributed by atoms with Gasteiger partial charge in [-0.15, -0.1) is 0 Å². The van der Waals surface area contributed by atoms with Crippen LogP contribution < -0.4 is 0 Å². The van der Waals surface area contributed by atoms with Crippen molar-refractivity contribution < 1.29 is 9.84 Å². The zero-order chi connectivity index (χ0) is 13.0. The predicted molar refractivity (Wildman–Crippen MR) is 70.9 cm³/mol. The van der Waals surface area contributed by atoms with E-state index in [9.17, 15) is 5.11 Å². The second-order valence-corrected chi connectivity index (χ2v) is 5.49. The topological polar surface area (TPSA) is 47.3 Å². The molecule has 1 aromatic carbocycles. The summed E-state index contributed by atoms with van der Waals surface area (Å²) in [4.78, 5) is 4.25. The minimum absolute atomic E-state index is 0.107. The number of aryl methyl sites for hydroxylation is 1. The molecule has 0 bridgehead atoms. The maximum atomic E-state index is 10.1. The van der Waals surface area contributed by atoms with Gasteiger partial charge in [0.15, 0.2) is 0 Å². The van der Waals surface area contributed by atoms with Gasteiger partial charge in [-0.05, 0) is 12.5 Å². The van der Waals surface area contributed by atoms with E-state index in [1.165, 1.54) is 16.7 Å². The first-order valence-corrected chi connectivity index (χ1v) is 6.64. The summed E-state index contributed by atoms with van der Waals surface area (Å²) < 4.78 is 7.61. The quantitative estimate of drug-likeness (QED) is 0.846. The molecular weight excluding hydrogens is 240 g/mol. The number of nitrogens with zero attached hydrogens (tertiary/aromatic N) is 2. The van der Waals surface area contributed by atoms with E-state index in [-0.39, 0.29) is 12.0 Å². The van der Waals surface area contributed by atoms with Crippen LogP contribution in [0.3, 0.4) is 0 Å². The average Bonchev–Trinajstić information content (AvgIpc) is 3.05. The molecule has 0 spiro atoms. The van der Waals surface area contributed by atoms with Gasteiger partial charge in [0.05, 0.1) is 43.6 Å². The van der Waals surface area contributed by atoms with Gasteiger partial charge in [0, 0.05) is 11.5 Å². The van der Waals surface area contributed by atoms with Crippen LogP contribution in [0.4, 0.5) is 0 Å². The van der Waals surface area contributed by atoms with Crippen LogP contribution in [0, 0.1) is 12.8 Å². The number of hydrogen-bond donors (Lipinski definition) is 1. The minimum atomic E-state index is -0.397. The number of aliphatic hydroxyl groups is 1. The summed E-state index contributed by atoms with van der Waals surface area (Å²) in [5.74, 6) is 0.107. The maximum Gasteiger partial charge on any atom is 0.0956 e. The SMILES string of the molecule is Cc1ccc2c(c1)C(C1COCC1O)n1cncc1-2. The molecule has 0 aliphatic carbocycles. The van der Waals surface area contributed by atoms with Crippen molar-refractivity contribution in [3.8, 4) is 11.3 Å². The summed E-state index contributed by atoms with van der Waals surface area (Å²) in [6.45, 7) is 3.15. The van der Waals surface area contributed by atoms with Gasteiger partial charge in [0.25, 0.3) is 0 Å². The minimum Gasteiger partial charge on any atom is -0.390 e. The van der Waals surface area contributed by atoms with Gasteiger partial charge in [0.1, 0.15) is 0 Å². The number of imidazole rings is 1. The predicted octanol–water partition coefficient (Wildman–Crippen LogP) is 1.77. The number of ether oxygens (including phenoxy) is 1. The highest BCUT2D eigenvalue weighted by Gasteiger charge is 2.40. The molecule has 1 saturated heterocycles. The van der Waals surface area contributed by atoms with Crippen molar-refractivity contribution in [3.63, 3.8) is 0 Å². The highest BCUT2D eigenvalue weighted by atomic mass is 16.5. The van der Waals surface area contributed by atoms with Crippen molar-refractivity contribution in [2.45, 2.75) is 19.1 Å². The van der Waals surface area contributed by atoms with Gasteiger partial charge in [-0.1, -0.05) is 23.8 Å². The first kappa shape index (κ1) is 11.2. The molecule has 3 heterocycles. The van der Waals surface area contributed by atoms with Gasteiger partial charge in [-0.2, -0.15) is 0 Å². The van der Waals surface area contributed by atoms with E-state index in [1.54, 1.807) is 0 Å². The van der Waals surface area contributed by atoms with Crippen LogP contribution in [-0.4, -0.2) is 34.0 Å². The molecule has 0 saturated carbocycles. The van der Waals surface area contributed by atoms with Gasteiger partial charge in [-0.25, -0.2) is 4.98 Å². The van der Waals surface area contributed by atoms with Crippen LogP contribution in [0.1, 0.15) is 17.2 Å². The van der Waals surface area contributed by atoms with E-state index in [4.69, 9.17) is 4.74 Å². The van der Waals surface area contributed by atoms with Crippen molar-refractivity contribution in [3.05, 3.63) is 41.9 Å². The molecule has 1 fully saturated rings. The molecule has 98 valence electrons. The third-order valence-corrected chi connectivity index (χ3v) is 4.27. The molecule has 2 aliphatic rings. The van der Waals surface area contributed by atoms with Crippen molar-refractivity contribution in [1.82, 2.24) is 9.55 Å². The van der Waals surface area contributed by atoms with Crippen LogP contribution in [0.15, 0.2) is 30.7 Å². The molecule has 4 nitrogen and oxygen atoms in total. The molecule has 4 heteroatoms. The molecule has 1 aromatic heterocycles. The van der Waals surface area contributed by atoms with Gasteiger partial charge in [0.2, 0.25) is 0 Å². The van der Waals surface area contributed by atoms with E-state index in [0.29, 0.717) is 13.2 Å². The summed E-state index contributed by atoms with van der Waals surface area (Å²) in [5, 5.41) is 10.1.